The molecule has 140 valence electrons. The number of amides is 1. The minimum absolute atomic E-state index is 0.157. The van der Waals surface area contributed by atoms with Gasteiger partial charge in [-0.25, -0.2) is 0 Å². The first kappa shape index (κ1) is 17.3. The van der Waals surface area contributed by atoms with E-state index in [1.165, 1.54) is 44.4 Å². The Bertz CT molecular complexity index is 963. The fourth-order valence-electron chi connectivity index (χ4n) is 3.48. The smallest absolute Gasteiger partial charge is 0.298 e. The maximum absolute atomic E-state index is 11.3. The maximum Gasteiger partial charge on any atom is 0.298 e. The number of carbonyl (C=O) groups is 1. The van der Waals surface area contributed by atoms with Crippen molar-refractivity contribution in [2.75, 3.05) is 11.9 Å². The third-order valence-electron chi connectivity index (χ3n) is 4.99. The Balaban J connectivity index is 1.55. The Labute approximate surface area is 157 Å². The monoisotopic (exact) mass is 366 g/mol. The predicted octanol–water partition coefficient (Wildman–Crippen LogP) is 3.88. The number of ether oxygens (including phenoxy) is 1. The molecule has 7 heteroatoms. The Morgan fingerprint density at radius 2 is 1.96 bits per heavy atom. The van der Waals surface area contributed by atoms with Crippen LogP contribution in [-0.4, -0.2) is 29.0 Å². The number of primary amides is 1. The number of aromatic nitrogens is 2. The number of fused-ring (bicyclic) bond motifs is 1. The zero-order chi connectivity index (χ0) is 18.8. The summed E-state index contributed by atoms with van der Waals surface area (Å²) < 4.78 is 11.8. The summed E-state index contributed by atoms with van der Waals surface area (Å²) in [5.41, 5.74) is 6.86. The normalized spacial score (nSPS) is 15.0. The van der Waals surface area contributed by atoms with Crippen LogP contribution in [0.5, 0.6) is 11.5 Å². The minimum Gasteiger partial charge on any atom is -0.457 e. The number of oxazole rings is 1. The summed E-state index contributed by atoms with van der Waals surface area (Å²) in [5, 5.41) is 0. The molecule has 1 aromatic carbocycles. The van der Waals surface area contributed by atoms with Crippen LogP contribution in [0.4, 0.5) is 6.01 Å². The molecule has 4 rings (SSSR count). The van der Waals surface area contributed by atoms with Crippen LogP contribution in [0.3, 0.4) is 0 Å². The van der Waals surface area contributed by atoms with Crippen LogP contribution in [-0.2, 0) is 0 Å². The lowest BCUT2D eigenvalue weighted by atomic mass is 9.95. The molecule has 0 unspecified atom stereocenters. The number of hydrogen-bond donors (Lipinski definition) is 1. The van der Waals surface area contributed by atoms with Gasteiger partial charge in [-0.3, -0.25) is 9.78 Å². The minimum atomic E-state index is -0.596. The van der Waals surface area contributed by atoms with Gasteiger partial charge in [0, 0.05) is 31.4 Å². The van der Waals surface area contributed by atoms with Gasteiger partial charge in [-0.05, 0) is 31.0 Å². The van der Waals surface area contributed by atoms with Crippen molar-refractivity contribution in [2.45, 2.75) is 38.1 Å². The number of nitrogens with zero attached hydrogens (tertiary/aromatic N) is 3. The van der Waals surface area contributed by atoms with Crippen molar-refractivity contribution < 1.29 is 13.9 Å². The molecule has 7 nitrogen and oxygen atoms in total. The van der Waals surface area contributed by atoms with Crippen molar-refractivity contribution in [1.29, 1.82) is 0 Å². The second-order valence-electron chi connectivity index (χ2n) is 6.87. The number of benzene rings is 1. The third kappa shape index (κ3) is 3.72. The van der Waals surface area contributed by atoms with Crippen molar-refractivity contribution >= 4 is 23.0 Å². The third-order valence-corrected chi connectivity index (χ3v) is 4.99. The summed E-state index contributed by atoms with van der Waals surface area (Å²) in [6, 6.07) is 9.77. The van der Waals surface area contributed by atoms with E-state index >= 15 is 0 Å². The molecule has 1 saturated carbocycles. The fourth-order valence-corrected chi connectivity index (χ4v) is 3.48. The molecular formula is C20H22N4O3. The number of rotatable bonds is 5. The molecule has 0 spiro atoms. The van der Waals surface area contributed by atoms with E-state index in [-0.39, 0.29) is 5.69 Å². The SMILES string of the molecule is CN(c1nc2ccc(Oc3ccnc(C(N)=O)c3)cc2o1)C1CCCCC1. The van der Waals surface area contributed by atoms with Crippen molar-refractivity contribution in [3.63, 3.8) is 0 Å². The summed E-state index contributed by atoms with van der Waals surface area (Å²) in [6.45, 7) is 0. The highest BCUT2D eigenvalue weighted by atomic mass is 16.5. The molecule has 1 aliphatic carbocycles. The summed E-state index contributed by atoms with van der Waals surface area (Å²) in [5.74, 6) is 0.478. The van der Waals surface area contributed by atoms with E-state index in [1.54, 1.807) is 12.1 Å². The highest BCUT2D eigenvalue weighted by Gasteiger charge is 2.22. The van der Waals surface area contributed by atoms with Crippen LogP contribution in [0.1, 0.15) is 42.6 Å². The molecule has 0 saturated heterocycles. The van der Waals surface area contributed by atoms with Gasteiger partial charge in [0.1, 0.15) is 22.7 Å². The van der Waals surface area contributed by atoms with Crippen LogP contribution in [0, 0.1) is 0 Å². The van der Waals surface area contributed by atoms with Crippen molar-refractivity contribution in [2.24, 2.45) is 5.73 Å². The average molecular weight is 366 g/mol. The van der Waals surface area contributed by atoms with Gasteiger partial charge in [0.05, 0.1) is 0 Å². The summed E-state index contributed by atoms with van der Waals surface area (Å²) >= 11 is 0. The highest BCUT2D eigenvalue weighted by molar-refractivity contribution is 5.91. The van der Waals surface area contributed by atoms with Gasteiger partial charge in [0.2, 0.25) is 0 Å². The molecule has 1 fully saturated rings. The van der Waals surface area contributed by atoms with Gasteiger partial charge in [-0.1, -0.05) is 19.3 Å². The molecule has 3 aromatic rings. The van der Waals surface area contributed by atoms with E-state index < -0.39 is 5.91 Å². The van der Waals surface area contributed by atoms with Crippen molar-refractivity contribution in [1.82, 2.24) is 9.97 Å². The number of carbonyl (C=O) groups excluding carboxylic acids is 1. The Morgan fingerprint density at radius 1 is 1.19 bits per heavy atom. The average Bonchev–Trinajstić information content (AvgIpc) is 3.11. The van der Waals surface area contributed by atoms with Crippen LogP contribution in [0.2, 0.25) is 0 Å². The lowest BCUT2D eigenvalue weighted by Crippen LogP contribution is -2.33. The van der Waals surface area contributed by atoms with Crippen LogP contribution in [0.15, 0.2) is 40.9 Å². The molecule has 2 heterocycles. The number of pyridine rings is 1. The maximum atomic E-state index is 11.3. The number of hydrogen-bond acceptors (Lipinski definition) is 6. The second kappa shape index (κ2) is 7.26. The number of anilines is 1. The molecule has 0 bridgehead atoms. The molecule has 27 heavy (non-hydrogen) atoms. The summed E-state index contributed by atoms with van der Waals surface area (Å²) in [4.78, 5) is 21.9. The molecule has 0 aliphatic heterocycles. The highest BCUT2D eigenvalue weighted by Crippen LogP contribution is 2.31. The predicted molar refractivity (Wildman–Crippen MR) is 102 cm³/mol. The standard InChI is InChI=1S/C20H22N4O3/c1-24(13-5-3-2-4-6-13)20-23-16-8-7-14(12-18(16)27-20)26-15-9-10-22-17(11-15)19(21)25/h7-13H,2-6H2,1H3,(H2,21,25). The van der Waals surface area contributed by atoms with E-state index in [4.69, 9.17) is 14.9 Å². The lowest BCUT2D eigenvalue weighted by molar-refractivity contribution is 0.0995. The molecule has 1 aliphatic rings. The van der Waals surface area contributed by atoms with Crippen molar-refractivity contribution in [3.05, 3.63) is 42.2 Å². The molecule has 2 aromatic heterocycles. The number of nitrogens with two attached hydrogens (primary N) is 1. The molecule has 0 atom stereocenters. The van der Waals surface area contributed by atoms with E-state index in [0.29, 0.717) is 29.1 Å². The Kier molecular flexibility index (Phi) is 4.66. The van der Waals surface area contributed by atoms with Gasteiger partial charge >= 0.3 is 0 Å². The van der Waals surface area contributed by atoms with Crippen LogP contribution in [0.25, 0.3) is 11.1 Å². The van der Waals surface area contributed by atoms with Crippen LogP contribution < -0.4 is 15.4 Å². The topological polar surface area (TPSA) is 94.5 Å². The van der Waals surface area contributed by atoms with E-state index in [2.05, 4.69) is 14.9 Å². The molecular weight excluding hydrogens is 344 g/mol. The van der Waals surface area contributed by atoms with Crippen LogP contribution >= 0.6 is 0 Å². The Hall–Kier alpha value is -3.09. The van der Waals surface area contributed by atoms with Gasteiger partial charge in [-0.2, -0.15) is 4.98 Å². The van der Waals surface area contributed by atoms with Gasteiger partial charge in [-0.15, -0.1) is 0 Å². The lowest BCUT2D eigenvalue weighted by Gasteiger charge is -2.29. The van der Waals surface area contributed by atoms with Crippen molar-refractivity contribution in [3.8, 4) is 11.5 Å². The molecule has 2 N–H and O–H groups in total. The summed E-state index contributed by atoms with van der Waals surface area (Å²) in [7, 11) is 2.04. The largest absolute Gasteiger partial charge is 0.457 e. The molecule has 1 amide bonds. The quantitative estimate of drug-likeness (QED) is 0.736. The first-order chi connectivity index (χ1) is 13.1. The zero-order valence-corrected chi connectivity index (χ0v) is 15.2. The van der Waals surface area contributed by atoms with Gasteiger partial charge in [0.15, 0.2) is 5.58 Å². The molecule has 0 radical (unpaired) electrons. The zero-order valence-electron chi connectivity index (χ0n) is 15.2. The first-order valence-electron chi connectivity index (χ1n) is 9.17. The van der Waals surface area contributed by atoms with E-state index in [1.807, 2.05) is 19.2 Å². The van der Waals surface area contributed by atoms with E-state index in [0.717, 1.165) is 5.52 Å². The fraction of sp³-hybridized carbons (Fsp3) is 0.350. The van der Waals surface area contributed by atoms with E-state index in [9.17, 15) is 4.79 Å². The summed E-state index contributed by atoms with van der Waals surface area (Å²) in [6.07, 6.45) is 7.66. The van der Waals surface area contributed by atoms with Gasteiger partial charge in [0.25, 0.3) is 11.9 Å². The second-order valence-corrected chi connectivity index (χ2v) is 6.87. The first-order valence-corrected chi connectivity index (χ1v) is 9.17. The Morgan fingerprint density at radius 3 is 2.74 bits per heavy atom. The van der Waals surface area contributed by atoms with Gasteiger partial charge < -0.3 is 19.8 Å².